The largest absolute Gasteiger partial charge is 0.497 e. The van der Waals surface area contributed by atoms with Gasteiger partial charge in [-0.05, 0) is 53.8 Å². The van der Waals surface area contributed by atoms with Crippen LogP contribution in [0.2, 0.25) is 0 Å². The van der Waals surface area contributed by atoms with Crippen LogP contribution in [0.15, 0.2) is 88.2 Å². The number of ether oxygens (including phenoxy) is 3. The Morgan fingerprint density at radius 3 is 2.72 bits per heavy atom. The van der Waals surface area contributed by atoms with Gasteiger partial charge < -0.3 is 14.2 Å². The number of carbonyl (C=O) groups excluding carboxylic acids is 1. The molecule has 196 valence electrons. The number of rotatable bonds is 6. The number of para-hydroxylation sites is 1. The molecule has 1 unspecified atom stereocenters. The van der Waals surface area contributed by atoms with Gasteiger partial charge in [0.05, 0.1) is 30.5 Å². The van der Waals surface area contributed by atoms with Crippen LogP contribution >= 0.6 is 11.3 Å². The standard InChI is InChI=1S/C31H26N2O5S/c1-36-22-11-7-10-21(16-22)29-24-15-14-19-8-3-5-12-23(19)28(24)32-31-33(29)30(35)26(39-31)17-20-9-4-6-13-25(20)38-18-27(34)37-2/h3-13,16-17,29H,14-15,18H2,1-2H3. The predicted molar refractivity (Wildman–Crippen MR) is 150 cm³/mol. The van der Waals surface area contributed by atoms with E-state index in [4.69, 9.17) is 19.2 Å². The van der Waals surface area contributed by atoms with E-state index in [2.05, 4.69) is 18.2 Å². The summed E-state index contributed by atoms with van der Waals surface area (Å²) < 4.78 is 18.2. The highest BCUT2D eigenvalue weighted by Gasteiger charge is 2.32. The van der Waals surface area contributed by atoms with Crippen molar-refractivity contribution in [1.82, 2.24) is 4.57 Å². The molecule has 1 aliphatic heterocycles. The van der Waals surface area contributed by atoms with Gasteiger partial charge in [0.25, 0.3) is 5.56 Å². The molecule has 1 atom stereocenters. The average molecular weight is 539 g/mol. The fourth-order valence-electron chi connectivity index (χ4n) is 5.20. The Labute approximate surface area is 228 Å². The van der Waals surface area contributed by atoms with E-state index in [0.717, 1.165) is 41.0 Å². The van der Waals surface area contributed by atoms with Crippen molar-refractivity contribution in [3.63, 3.8) is 0 Å². The molecule has 2 heterocycles. The first-order valence-electron chi connectivity index (χ1n) is 12.6. The number of allylic oxidation sites excluding steroid dienone is 1. The first-order valence-corrected chi connectivity index (χ1v) is 13.4. The summed E-state index contributed by atoms with van der Waals surface area (Å²) in [7, 11) is 2.96. The zero-order valence-corrected chi connectivity index (χ0v) is 22.4. The molecule has 4 aromatic rings. The van der Waals surface area contributed by atoms with Crippen molar-refractivity contribution >= 4 is 29.1 Å². The minimum Gasteiger partial charge on any atom is -0.497 e. The summed E-state index contributed by atoms with van der Waals surface area (Å²) in [5.41, 5.74) is 6.00. The second-order valence-electron chi connectivity index (χ2n) is 9.29. The minimum atomic E-state index is -0.478. The van der Waals surface area contributed by atoms with Crippen LogP contribution < -0.4 is 24.4 Å². The quantitative estimate of drug-likeness (QED) is 0.348. The Morgan fingerprint density at radius 2 is 1.87 bits per heavy atom. The number of carbonyl (C=O) groups is 1. The molecule has 7 nitrogen and oxygen atoms in total. The van der Waals surface area contributed by atoms with Crippen molar-refractivity contribution < 1.29 is 19.0 Å². The Balaban J connectivity index is 1.54. The van der Waals surface area contributed by atoms with Gasteiger partial charge in [0.2, 0.25) is 0 Å². The van der Waals surface area contributed by atoms with E-state index in [9.17, 15) is 9.59 Å². The van der Waals surface area contributed by atoms with Crippen LogP contribution in [0.25, 0.3) is 11.8 Å². The maximum Gasteiger partial charge on any atom is 0.343 e. The molecule has 3 aromatic carbocycles. The first-order chi connectivity index (χ1) is 19.1. The second-order valence-corrected chi connectivity index (χ2v) is 10.3. The van der Waals surface area contributed by atoms with Crippen molar-refractivity contribution in [3.05, 3.63) is 120 Å². The Bertz CT molecular complexity index is 1800. The maximum absolute atomic E-state index is 14.0. The summed E-state index contributed by atoms with van der Waals surface area (Å²) in [6.45, 7) is -0.218. The van der Waals surface area contributed by atoms with Crippen LogP contribution in [0.3, 0.4) is 0 Å². The molecule has 0 saturated carbocycles. The number of hydrogen-bond acceptors (Lipinski definition) is 7. The van der Waals surface area contributed by atoms with Gasteiger partial charge in [0.15, 0.2) is 11.4 Å². The van der Waals surface area contributed by atoms with Crippen LogP contribution in [0.4, 0.5) is 0 Å². The van der Waals surface area contributed by atoms with Gasteiger partial charge in [-0.1, -0.05) is 65.9 Å². The molecule has 0 radical (unpaired) electrons. The Kier molecular flexibility index (Phi) is 6.62. The third-order valence-corrected chi connectivity index (χ3v) is 8.04. The van der Waals surface area contributed by atoms with Crippen molar-refractivity contribution in [2.45, 2.75) is 18.9 Å². The van der Waals surface area contributed by atoms with Gasteiger partial charge in [0.1, 0.15) is 11.5 Å². The summed E-state index contributed by atoms with van der Waals surface area (Å²) in [5, 5.41) is 0. The third kappa shape index (κ3) is 4.57. The van der Waals surface area contributed by atoms with Crippen LogP contribution in [0, 0.1) is 0 Å². The molecule has 8 heteroatoms. The van der Waals surface area contributed by atoms with E-state index in [1.807, 2.05) is 48.5 Å². The van der Waals surface area contributed by atoms with Crippen LogP contribution in [0.1, 0.15) is 34.7 Å². The van der Waals surface area contributed by atoms with Crippen molar-refractivity contribution in [2.75, 3.05) is 20.8 Å². The average Bonchev–Trinajstić information content (AvgIpc) is 3.29. The van der Waals surface area contributed by atoms with Crippen LogP contribution in [0.5, 0.6) is 11.5 Å². The number of aryl methyl sites for hydroxylation is 1. The van der Waals surface area contributed by atoms with E-state index in [-0.39, 0.29) is 18.2 Å². The number of fused-ring (bicyclic) bond motifs is 3. The van der Waals surface area contributed by atoms with Crippen LogP contribution in [-0.4, -0.2) is 31.4 Å². The van der Waals surface area contributed by atoms with Crippen molar-refractivity contribution in [3.8, 4) is 11.5 Å². The molecular formula is C31H26N2O5S. The highest BCUT2D eigenvalue weighted by atomic mass is 32.1. The minimum absolute atomic E-state index is 0.125. The molecule has 0 bridgehead atoms. The zero-order valence-electron chi connectivity index (χ0n) is 21.5. The van der Waals surface area contributed by atoms with Gasteiger partial charge >= 0.3 is 5.97 Å². The maximum atomic E-state index is 14.0. The van der Waals surface area contributed by atoms with Gasteiger partial charge in [-0.2, -0.15) is 0 Å². The first kappa shape index (κ1) is 24.9. The van der Waals surface area contributed by atoms with E-state index in [0.29, 0.717) is 20.6 Å². The van der Waals surface area contributed by atoms with Gasteiger partial charge in [-0.15, -0.1) is 0 Å². The number of nitrogens with zero attached hydrogens (tertiary/aromatic N) is 2. The number of methoxy groups -OCH3 is 2. The number of thiazole rings is 1. The smallest absolute Gasteiger partial charge is 0.343 e. The number of esters is 1. The van der Waals surface area contributed by atoms with E-state index < -0.39 is 5.97 Å². The zero-order chi connectivity index (χ0) is 26.9. The Hall–Kier alpha value is -4.43. The van der Waals surface area contributed by atoms with Crippen molar-refractivity contribution in [2.24, 2.45) is 4.99 Å². The summed E-state index contributed by atoms with van der Waals surface area (Å²) in [5.74, 6) is 0.751. The predicted octanol–water partition coefficient (Wildman–Crippen LogP) is 3.88. The van der Waals surface area contributed by atoms with Gasteiger partial charge in [0, 0.05) is 11.1 Å². The normalized spacial score (nSPS) is 16.1. The van der Waals surface area contributed by atoms with Gasteiger partial charge in [-0.25, -0.2) is 9.79 Å². The monoisotopic (exact) mass is 538 g/mol. The molecule has 0 spiro atoms. The third-order valence-electron chi connectivity index (χ3n) is 7.06. The van der Waals surface area contributed by atoms with E-state index in [1.54, 1.807) is 23.8 Å². The molecular weight excluding hydrogens is 512 g/mol. The van der Waals surface area contributed by atoms with Crippen molar-refractivity contribution in [1.29, 1.82) is 0 Å². The SMILES string of the molecule is COC(=O)COc1ccccc1C=c1sc2n(c1=O)C(c1cccc(OC)c1)C1=C(N=2)c2ccccc2CC1. The lowest BCUT2D eigenvalue weighted by Crippen LogP contribution is -2.38. The highest BCUT2D eigenvalue weighted by Crippen LogP contribution is 2.41. The lowest BCUT2D eigenvalue weighted by molar-refractivity contribution is -0.142. The van der Waals surface area contributed by atoms with Crippen LogP contribution in [-0.2, 0) is 16.0 Å². The topological polar surface area (TPSA) is 79.1 Å². The summed E-state index contributed by atoms with van der Waals surface area (Å²) in [6.07, 6.45) is 3.50. The molecule has 6 rings (SSSR count). The second kappa shape index (κ2) is 10.4. The molecule has 1 aromatic heterocycles. The van der Waals surface area contributed by atoms with Gasteiger partial charge in [-0.3, -0.25) is 9.36 Å². The molecule has 0 fully saturated rings. The number of benzene rings is 3. The number of aromatic nitrogens is 1. The fourth-order valence-corrected chi connectivity index (χ4v) is 6.19. The highest BCUT2D eigenvalue weighted by molar-refractivity contribution is 7.07. The van der Waals surface area contributed by atoms with E-state index in [1.165, 1.54) is 24.0 Å². The lowest BCUT2D eigenvalue weighted by atomic mass is 9.83. The molecule has 0 amide bonds. The number of hydrogen-bond donors (Lipinski definition) is 0. The fraction of sp³-hybridized carbons (Fsp3) is 0.194. The lowest BCUT2D eigenvalue weighted by Gasteiger charge is -2.31. The molecule has 1 aliphatic carbocycles. The summed E-state index contributed by atoms with van der Waals surface area (Å²) in [4.78, 5) is 31.3. The summed E-state index contributed by atoms with van der Waals surface area (Å²) >= 11 is 1.35. The Morgan fingerprint density at radius 1 is 1.05 bits per heavy atom. The molecule has 39 heavy (non-hydrogen) atoms. The molecule has 0 saturated heterocycles. The molecule has 0 N–H and O–H groups in total. The summed E-state index contributed by atoms with van der Waals surface area (Å²) in [6, 6.07) is 23.2. The van der Waals surface area contributed by atoms with E-state index >= 15 is 0 Å². The molecule has 2 aliphatic rings.